The van der Waals surface area contributed by atoms with E-state index in [0.717, 1.165) is 6.42 Å². The van der Waals surface area contributed by atoms with E-state index in [-0.39, 0.29) is 17.1 Å². The Morgan fingerprint density at radius 1 is 1.53 bits per heavy atom. The molecule has 104 valence electrons. The van der Waals surface area contributed by atoms with E-state index in [0.29, 0.717) is 12.0 Å². The molecule has 1 rings (SSSR count). The van der Waals surface area contributed by atoms with E-state index in [2.05, 4.69) is 4.72 Å². The second kappa shape index (κ2) is 6.52. The highest BCUT2D eigenvalue weighted by atomic mass is 32.2. The molecule has 1 atom stereocenters. The second-order valence-corrected chi connectivity index (χ2v) is 5.89. The molecule has 0 spiro atoms. The number of sulfonamides is 1. The van der Waals surface area contributed by atoms with Gasteiger partial charge in [-0.15, -0.1) is 0 Å². The van der Waals surface area contributed by atoms with Crippen LogP contribution in [0.5, 0.6) is 0 Å². The summed E-state index contributed by atoms with van der Waals surface area (Å²) in [5, 5.41) is 18.2. The summed E-state index contributed by atoms with van der Waals surface area (Å²) < 4.78 is 26.2. The van der Waals surface area contributed by atoms with Gasteiger partial charge in [-0.1, -0.05) is 13.3 Å². The summed E-state index contributed by atoms with van der Waals surface area (Å²) in [7, 11) is -3.77. The molecule has 0 aromatic heterocycles. The Kier molecular flexibility index (Phi) is 5.30. The maximum atomic E-state index is 12.0. The number of nitriles is 1. The number of benzene rings is 1. The summed E-state index contributed by atoms with van der Waals surface area (Å²) in [6.45, 7) is 1.84. The van der Waals surface area contributed by atoms with E-state index in [9.17, 15) is 13.5 Å². The summed E-state index contributed by atoms with van der Waals surface area (Å²) in [5.41, 5.74) is 5.92. The topological polar surface area (TPSA) is 116 Å². The molecule has 4 N–H and O–H groups in total. The molecule has 0 amide bonds. The number of hydrogen-bond donors (Lipinski definition) is 3. The molecule has 0 aliphatic heterocycles. The lowest BCUT2D eigenvalue weighted by atomic mass is 10.2. The van der Waals surface area contributed by atoms with Crippen molar-refractivity contribution in [2.45, 2.75) is 30.8 Å². The molecule has 0 heterocycles. The number of hydrogen-bond acceptors (Lipinski definition) is 5. The van der Waals surface area contributed by atoms with Crippen molar-refractivity contribution in [1.82, 2.24) is 4.72 Å². The van der Waals surface area contributed by atoms with Crippen molar-refractivity contribution in [2.24, 2.45) is 0 Å². The summed E-state index contributed by atoms with van der Waals surface area (Å²) in [6.07, 6.45) is 0.562. The van der Waals surface area contributed by atoms with Crippen molar-refractivity contribution in [1.29, 1.82) is 5.26 Å². The smallest absolute Gasteiger partial charge is 0.242 e. The monoisotopic (exact) mass is 283 g/mol. The van der Waals surface area contributed by atoms with Gasteiger partial charge in [-0.2, -0.15) is 5.26 Å². The third kappa shape index (κ3) is 4.21. The van der Waals surface area contributed by atoms with Crippen molar-refractivity contribution in [3.63, 3.8) is 0 Å². The molecule has 6 nitrogen and oxygen atoms in total. The number of rotatable bonds is 6. The Labute approximate surface area is 112 Å². The van der Waals surface area contributed by atoms with Gasteiger partial charge in [0.05, 0.1) is 23.4 Å². The van der Waals surface area contributed by atoms with Crippen LogP contribution < -0.4 is 10.5 Å². The molecule has 0 radical (unpaired) electrons. The Bertz CT molecular complexity index is 578. The van der Waals surface area contributed by atoms with Crippen molar-refractivity contribution >= 4 is 15.7 Å². The standard InChI is InChI=1S/C12H17N3O3S/c1-2-3-10(16)8-15-19(17,18)12-5-4-9(7-13)6-11(12)14/h4-6,10,15-16H,2-3,8,14H2,1H3. The average Bonchev–Trinajstić information content (AvgIpc) is 2.36. The summed E-state index contributed by atoms with van der Waals surface area (Å²) in [5.74, 6) is 0. The highest BCUT2D eigenvalue weighted by Crippen LogP contribution is 2.19. The number of aliphatic hydroxyl groups excluding tert-OH is 1. The van der Waals surface area contributed by atoms with E-state index >= 15 is 0 Å². The quantitative estimate of drug-likeness (QED) is 0.660. The maximum absolute atomic E-state index is 12.0. The van der Waals surface area contributed by atoms with E-state index in [1.165, 1.54) is 18.2 Å². The van der Waals surface area contributed by atoms with Crippen LogP contribution in [0.1, 0.15) is 25.3 Å². The van der Waals surface area contributed by atoms with E-state index in [4.69, 9.17) is 11.0 Å². The molecule has 0 saturated heterocycles. The van der Waals surface area contributed by atoms with Crippen LogP contribution in [0.3, 0.4) is 0 Å². The summed E-state index contributed by atoms with van der Waals surface area (Å²) in [6, 6.07) is 5.84. The number of nitrogens with zero attached hydrogens (tertiary/aromatic N) is 1. The van der Waals surface area contributed by atoms with Crippen molar-refractivity contribution in [2.75, 3.05) is 12.3 Å². The van der Waals surface area contributed by atoms with Gasteiger partial charge in [0.1, 0.15) is 4.90 Å². The number of nitrogen functional groups attached to an aromatic ring is 1. The third-order valence-corrected chi connectivity index (χ3v) is 4.06. The van der Waals surface area contributed by atoms with Gasteiger partial charge in [0.15, 0.2) is 0 Å². The molecule has 1 unspecified atom stereocenters. The molecule has 1 aromatic rings. The first-order chi connectivity index (χ1) is 8.90. The molecule has 0 fully saturated rings. The van der Waals surface area contributed by atoms with Crippen LogP contribution in [0.15, 0.2) is 23.1 Å². The number of nitrogens with one attached hydrogen (secondary N) is 1. The first-order valence-corrected chi connectivity index (χ1v) is 7.36. The molecule has 0 aliphatic rings. The van der Waals surface area contributed by atoms with Crippen LogP contribution in [-0.4, -0.2) is 26.2 Å². The van der Waals surface area contributed by atoms with E-state index < -0.39 is 16.1 Å². The normalized spacial score (nSPS) is 12.9. The zero-order chi connectivity index (χ0) is 14.5. The SMILES string of the molecule is CCCC(O)CNS(=O)(=O)c1ccc(C#N)cc1N. The highest BCUT2D eigenvalue weighted by Gasteiger charge is 2.18. The predicted octanol–water partition coefficient (Wildman–Crippen LogP) is 0.580. The Morgan fingerprint density at radius 3 is 2.74 bits per heavy atom. The first-order valence-electron chi connectivity index (χ1n) is 5.88. The van der Waals surface area contributed by atoms with Crippen molar-refractivity contribution in [3.05, 3.63) is 23.8 Å². The second-order valence-electron chi connectivity index (χ2n) is 4.16. The number of anilines is 1. The minimum absolute atomic E-state index is 0.0107. The summed E-state index contributed by atoms with van der Waals surface area (Å²) >= 11 is 0. The van der Waals surface area contributed by atoms with E-state index in [1.54, 1.807) is 0 Å². The predicted molar refractivity (Wildman–Crippen MR) is 71.7 cm³/mol. The Hall–Kier alpha value is -1.62. The van der Waals surface area contributed by atoms with Gasteiger partial charge in [-0.25, -0.2) is 13.1 Å². The average molecular weight is 283 g/mol. The van der Waals surface area contributed by atoms with Gasteiger partial charge in [-0.05, 0) is 24.6 Å². The molecular formula is C12H17N3O3S. The minimum Gasteiger partial charge on any atom is -0.398 e. The molecule has 0 aliphatic carbocycles. The Balaban J connectivity index is 2.86. The fraction of sp³-hybridized carbons (Fsp3) is 0.417. The van der Waals surface area contributed by atoms with Gasteiger partial charge >= 0.3 is 0 Å². The summed E-state index contributed by atoms with van der Waals surface area (Å²) in [4.78, 5) is -0.0878. The lowest BCUT2D eigenvalue weighted by Crippen LogP contribution is -2.32. The zero-order valence-electron chi connectivity index (χ0n) is 10.6. The van der Waals surface area contributed by atoms with Gasteiger partial charge in [0.2, 0.25) is 10.0 Å². The van der Waals surface area contributed by atoms with Crippen LogP contribution in [-0.2, 0) is 10.0 Å². The van der Waals surface area contributed by atoms with Crippen molar-refractivity contribution in [3.8, 4) is 6.07 Å². The Morgan fingerprint density at radius 2 is 2.21 bits per heavy atom. The zero-order valence-corrected chi connectivity index (χ0v) is 11.4. The van der Waals surface area contributed by atoms with Gasteiger partial charge in [0.25, 0.3) is 0 Å². The number of nitrogens with two attached hydrogens (primary N) is 1. The molecule has 1 aromatic carbocycles. The fourth-order valence-electron chi connectivity index (χ4n) is 1.58. The first kappa shape index (κ1) is 15.4. The highest BCUT2D eigenvalue weighted by molar-refractivity contribution is 7.89. The molecule has 0 bridgehead atoms. The number of aliphatic hydroxyl groups is 1. The van der Waals surface area contributed by atoms with Crippen LogP contribution in [0.4, 0.5) is 5.69 Å². The molecule has 7 heteroatoms. The molecule has 0 saturated carbocycles. The van der Waals surface area contributed by atoms with E-state index in [1.807, 2.05) is 13.0 Å². The van der Waals surface area contributed by atoms with Gasteiger partial charge < -0.3 is 10.8 Å². The van der Waals surface area contributed by atoms with Crippen LogP contribution in [0.2, 0.25) is 0 Å². The van der Waals surface area contributed by atoms with Gasteiger partial charge in [-0.3, -0.25) is 0 Å². The fourth-order valence-corrected chi connectivity index (χ4v) is 2.77. The van der Waals surface area contributed by atoms with Crippen molar-refractivity contribution < 1.29 is 13.5 Å². The lowest BCUT2D eigenvalue weighted by Gasteiger charge is -2.12. The van der Waals surface area contributed by atoms with Crippen LogP contribution in [0.25, 0.3) is 0 Å². The maximum Gasteiger partial charge on any atom is 0.242 e. The van der Waals surface area contributed by atoms with Gasteiger partial charge in [0, 0.05) is 6.54 Å². The third-order valence-electron chi connectivity index (χ3n) is 2.56. The minimum atomic E-state index is -3.77. The van der Waals surface area contributed by atoms with Crippen LogP contribution in [0, 0.1) is 11.3 Å². The lowest BCUT2D eigenvalue weighted by molar-refractivity contribution is 0.167. The van der Waals surface area contributed by atoms with Crippen LogP contribution >= 0.6 is 0 Å². The molecule has 19 heavy (non-hydrogen) atoms. The largest absolute Gasteiger partial charge is 0.398 e. The molecular weight excluding hydrogens is 266 g/mol.